The van der Waals surface area contributed by atoms with Gasteiger partial charge in [-0.15, -0.1) is 0 Å². The average molecular weight is 467 g/mol. The van der Waals surface area contributed by atoms with Gasteiger partial charge in [0.1, 0.15) is 22.8 Å². The molecule has 33 heavy (non-hydrogen) atoms. The van der Waals surface area contributed by atoms with E-state index in [1.807, 2.05) is 57.2 Å². The Kier molecular flexibility index (Phi) is 7.23. The minimum atomic E-state index is -3.60. The number of benzene rings is 3. The smallest absolute Gasteiger partial charge is 0.206 e. The minimum absolute atomic E-state index is 0.0539. The van der Waals surface area contributed by atoms with Gasteiger partial charge in [-0.2, -0.15) is 0 Å². The van der Waals surface area contributed by atoms with Crippen molar-refractivity contribution in [1.29, 1.82) is 0 Å². The molecule has 0 aliphatic carbocycles. The Morgan fingerprint density at radius 2 is 1.03 bits per heavy atom. The van der Waals surface area contributed by atoms with Crippen LogP contribution in [0.5, 0.6) is 17.2 Å². The van der Waals surface area contributed by atoms with E-state index in [-0.39, 0.29) is 15.9 Å². The third-order valence-electron chi connectivity index (χ3n) is 6.04. The van der Waals surface area contributed by atoms with Gasteiger partial charge < -0.3 is 9.47 Å². The van der Waals surface area contributed by atoms with Crippen LogP contribution in [0, 0.1) is 0 Å². The predicted molar refractivity (Wildman–Crippen MR) is 133 cm³/mol. The van der Waals surface area contributed by atoms with Crippen LogP contribution in [0.2, 0.25) is 0 Å². The van der Waals surface area contributed by atoms with Crippen molar-refractivity contribution in [3.05, 3.63) is 78.4 Å². The fraction of sp³-hybridized carbons (Fsp3) is 0.357. The van der Waals surface area contributed by atoms with E-state index in [4.69, 9.17) is 9.47 Å². The van der Waals surface area contributed by atoms with Crippen molar-refractivity contribution in [3.63, 3.8) is 0 Å². The van der Waals surface area contributed by atoms with E-state index < -0.39 is 9.84 Å². The van der Waals surface area contributed by atoms with Gasteiger partial charge in [-0.25, -0.2) is 8.42 Å². The monoisotopic (exact) mass is 466 g/mol. The zero-order valence-electron chi connectivity index (χ0n) is 20.4. The second-order valence-electron chi connectivity index (χ2n) is 9.55. The first-order chi connectivity index (χ1) is 15.5. The second-order valence-corrected chi connectivity index (χ2v) is 11.5. The van der Waals surface area contributed by atoms with Crippen LogP contribution in [0.25, 0.3) is 0 Å². The van der Waals surface area contributed by atoms with E-state index in [2.05, 4.69) is 20.8 Å². The number of rotatable bonds is 8. The Balaban J connectivity index is 1.74. The van der Waals surface area contributed by atoms with E-state index in [9.17, 15) is 8.42 Å². The molecule has 0 aromatic heterocycles. The standard InChI is InChI=1S/C28H34O4S/c1-7-28(6,8-2)21-9-17-25(18-10-21)33(29,30)26-19-15-23(16-20-26)31-22-11-13-24(14-12-22)32-27(3,4)5/h9-20H,7-8H2,1-6H3. The highest BCUT2D eigenvalue weighted by atomic mass is 32.2. The van der Waals surface area contributed by atoms with Crippen molar-refractivity contribution in [2.45, 2.75) is 75.2 Å². The molecule has 0 atom stereocenters. The van der Waals surface area contributed by atoms with Crippen LogP contribution in [0.15, 0.2) is 82.6 Å². The van der Waals surface area contributed by atoms with Crippen molar-refractivity contribution in [3.8, 4) is 17.2 Å². The summed E-state index contributed by atoms with van der Waals surface area (Å²) in [5, 5.41) is 0. The van der Waals surface area contributed by atoms with Gasteiger partial charge in [0.25, 0.3) is 0 Å². The van der Waals surface area contributed by atoms with E-state index in [0.29, 0.717) is 16.4 Å². The molecule has 0 bridgehead atoms. The summed E-state index contributed by atoms with van der Waals surface area (Å²) < 4.78 is 37.9. The molecule has 0 saturated carbocycles. The van der Waals surface area contributed by atoms with Crippen LogP contribution in [0.4, 0.5) is 0 Å². The molecule has 0 aliphatic rings. The summed E-state index contributed by atoms with van der Waals surface area (Å²) in [4.78, 5) is 0.536. The Morgan fingerprint density at radius 3 is 1.45 bits per heavy atom. The SMILES string of the molecule is CCC(C)(CC)c1ccc(S(=O)(=O)c2ccc(Oc3ccc(OC(C)(C)C)cc3)cc2)cc1. The first-order valence-electron chi connectivity index (χ1n) is 11.4. The van der Waals surface area contributed by atoms with E-state index in [1.165, 1.54) is 0 Å². The predicted octanol–water partition coefficient (Wildman–Crippen LogP) is 7.57. The van der Waals surface area contributed by atoms with Gasteiger partial charge in [-0.3, -0.25) is 0 Å². The highest BCUT2D eigenvalue weighted by molar-refractivity contribution is 7.91. The van der Waals surface area contributed by atoms with Gasteiger partial charge in [0.2, 0.25) is 9.84 Å². The fourth-order valence-electron chi connectivity index (χ4n) is 3.58. The van der Waals surface area contributed by atoms with Crippen molar-refractivity contribution < 1.29 is 17.9 Å². The van der Waals surface area contributed by atoms with Gasteiger partial charge >= 0.3 is 0 Å². The van der Waals surface area contributed by atoms with Crippen LogP contribution < -0.4 is 9.47 Å². The molecule has 3 aromatic carbocycles. The molecule has 3 rings (SSSR count). The highest BCUT2D eigenvalue weighted by Crippen LogP contribution is 2.33. The molecule has 0 aliphatic heterocycles. The van der Waals surface area contributed by atoms with E-state index in [1.54, 1.807) is 36.4 Å². The van der Waals surface area contributed by atoms with Crippen molar-refractivity contribution >= 4 is 9.84 Å². The molecular weight excluding hydrogens is 432 g/mol. The molecule has 176 valence electrons. The van der Waals surface area contributed by atoms with Gasteiger partial charge in [0.15, 0.2) is 0 Å². The van der Waals surface area contributed by atoms with E-state index in [0.717, 1.165) is 24.2 Å². The van der Waals surface area contributed by atoms with Crippen molar-refractivity contribution in [2.75, 3.05) is 0 Å². The minimum Gasteiger partial charge on any atom is -0.488 e. The van der Waals surface area contributed by atoms with Crippen molar-refractivity contribution in [2.24, 2.45) is 0 Å². The molecule has 4 nitrogen and oxygen atoms in total. The molecule has 0 saturated heterocycles. The summed E-state index contributed by atoms with van der Waals surface area (Å²) >= 11 is 0. The molecule has 3 aromatic rings. The maximum absolute atomic E-state index is 13.1. The molecule has 0 heterocycles. The fourth-order valence-corrected chi connectivity index (χ4v) is 4.84. The number of sulfone groups is 1. The molecule has 0 fully saturated rings. The Hall–Kier alpha value is -2.79. The summed E-state index contributed by atoms with van der Waals surface area (Å²) in [6, 6.07) is 21.2. The molecule has 0 unspecified atom stereocenters. The first kappa shape index (κ1) is 24.8. The number of ether oxygens (including phenoxy) is 2. The zero-order valence-corrected chi connectivity index (χ0v) is 21.2. The van der Waals surface area contributed by atoms with Crippen LogP contribution in [0.1, 0.15) is 59.9 Å². The van der Waals surface area contributed by atoms with Crippen LogP contribution >= 0.6 is 0 Å². The van der Waals surface area contributed by atoms with Crippen LogP contribution in [0.3, 0.4) is 0 Å². The summed E-state index contributed by atoms with van der Waals surface area (Å²) in [5.41, 5.74) is 0.947. The van der Waals surface area contributed by atoms with Gasteiger partial charge in [0.05, 0.1) is 9.79 Å². The zero-order chi connectivity index (χ0) is 24.3. The van der Waals surface area contributed by atoms with Gasteiger partial charge in [-0.1, -0.05) is 32.9 Å². The largest absolute Gasteiger partial charge is 0.488 e. The maximum atomic E-state index is 13.1. The lowest BCUT2D eigenvalue weighted by atomic mass is 9.78. The third-order valence-corrected chi connectivity index (χ3v) is 7.83. The Bertz CT molecular complexity index is 1150. The molecule has 0 radical (unpaired) electrons. The lowest BCUT2D eigenvalue weighted by molar-refractivity contribution is 0.131. The average Bonchev–Trinajstić information content (AvgIpc) is 2.79. The molecule has 5 heteroatoms. The quantitative estimate of drug-likeness (QED) is 0.343. The third kappa shape index (κ3) is 5.97. The summed E-state index contributed by atoms with van der Waals surface area (Å²) in [5.74, 6) is 1.98. The van der Waals surface area contributed by atoms with Crippen LogP contribution in [-0.2, 0) is 15.3 Å². The maximum Gasteiger partial charge on any atom is 0.206 e. The highest BCUT2D eigenvalue weighted by Gasteiger charge is 2.24. The van der Waals surface area contributed by atoms with Crippen LogP contribution in [-0.4, -0.2) is 14.0 Å². The molecular formula is C28H34O4S. The van der Waals surface area contributed by atoms with E-state index >= 15 is 0 Å². The second kappa shape index (κ2) is 9.60. The first-order valence-corrected chi connectivity index (χ1v) is 12.9. The van der Waals surface area contributed by atoms with Gasteiger partial charge in [0, 0.05) is 0 Å². The normalized spacial score (nSPS) is 12.4. The summed E-state index contributed by atoms with van der Waals surface area (Å²) in [6.07, 6.45) is 2.01. The lowest BCUT2D eigenvalue weighted by Crippen LogP contribution is -2.22. The summed E-state index contributed by atoms with van der Waals surface area (Å²) in [7, 11) is -3.60. The number of hydrogen-bond acceptors (Lipinski definition) is 4. The molecule has 0 N–H and O–H groups in total. The Labute approximate surface area is 198 Å². The molecule has 0 spiro atoms. The summed E-state index contributed by atoms with van der Waals surface area (Å²) in [6.45, 7) is 12.5. The molecule has 0 amide bonds. The topological polar surface area (TPSA) is 52.6 Å². The van der Waals surface area contributed by atoms with Gasteiger partial charge in [-0.05, 0) is 105 Å². The lowest BCUT2D eigenvalue weighted by Gasteiger charge is -2.27. The van der Waals surface area contributed by atoms with Crippen molar-refractivity contribution in [1.82, 2.24) is 0 Å². The number of hydrogen-bond donors (Lipinski definition) is 0. The Morgan fingerprint density at radius 1 is 0.636 bits per heavy atom.